The standard InChI is InChI=1S/C22H25N7O/c1-4-12-29-22(30)28(21(25-29)15(2)3)14-16-8-10-17(11-9-16)18-6-5-7-19(13-18)20-23-26-27-24-20/h5-11,13,15H,4,12,14H2,1-3H3,(H,23,24,26,27). The minimum atomic E-state index is -0.0435. The molecule has 0 aliphatic rings. The maximum atomic E-state index is 12.8. The van der Waals surface area contributed by atoms with Gasteiger partial charge in [-0.25, -0.2) is 14.6 Å². The maximum absolute atomic E-state index is 12.8. The van der Waals surface area contributed by atoms with Gasteiger partial charge in [0.05, 0.1) is 6.54 Å². The van der Waals surface area contributed by atoms with Crippen LogP contribution in [-0.2, 0) is 13.1 Å². The SMILES string of the molecule is CCCn1nc(C(C)C)n(Cc2ccc(-c3cccc(-c4nnn[nH]4)c3)cc2)c1=O. The van der Waals surface area contributed by atoms with Crippen LogP contribution in [0, 0.1) is 0 Å². The van der Waals surface area contributed by atoms with Crippen molar-refractivity contribution in [1.82, 2.24) is 35.0 Å². The molecule has 0 unspecified atom stereocenters. The first-order chi connectivity index (χ1) is 14.6. The Balaban J connectivity index is 1.60. The van der Waals surface area contributed by atoms with Crippen molar-refractivity contribution in [2.75, 3.05) is 0 Å². The lowest BCUT2D eigenvalue weighted by Gasteiger charge is -2.09. The van der Waals surface area contributed by atoms with E-state index in [1.807, 2.05) is 25.1 Å². The molecular weight excluding hydrogens is 378 g/mol. The number of benzene rings is 2. The van der Waals surface area contributed by atoms with Crippen molar-refractivity contribution in [3.05, 3.63) is 70.4 Å². The van der Waals surface area contributed by atoms with Crippen LogP contribution in [0.5, 0.6) is 0 Å². The predicted molar refractivity (Wildman–Crippen MR) is 115 cm³/mol. The highest BCUT2D eigenvalue weighted by atomic mass is 16.2. The van der Waals surface area contributed by atoms with Crippen molar-refractivity contribution < 1.29 is 0 Å². The molecule has 1 N–H and O–H groups in total. The molecule has 0 spiro atoms. The van der Waals surface area contributed by atoms with Crippen LogP contribution >= 0.6 is 0 Å². The molecule has 154 valence electrons. The van der Waals surface area contributed by atoms with E-state index in [1.54, 1.807) is 9.25 Å². The summed E-state index contributed by atoms with van der Waals surface area (Å²) in [6.45, 7) is 7.33. The van der Waals surface area contributed by atoms with Crippen LogP contribution < -0.4 is 5.69 Å². The van der Waals surface area contributed by atoms with Crippen molar-refractivity contribution in [3.63, 3.8) is 0 Å². The molecule has 2 aromatic heterocycles. The molecule has 8 nitrogen and oxygen atoms in total. The Labute approximate surface area is 174 Å². The van der Waals surface area contributed by atoms with Crippen molar-refractivity contribution in [1.29, 1.82) is 0 Å². The summed E-state index contributed by atoms with van der Waals surface area (Å²) in [7, 11) is 0. The summed E-state index contributed by atoms with van der Waals surface area (Å²) in [5, 5.41) is 18.6. The molecule has 0 aliphatic carbocycles. The molecule has 0 saturated carbocycles. The third kappa shape index (κ3) is 3.94. The second-order valence-corrected chi connectivity index (χ2v) is 7.63. The number of H-pyrrole nitrogens is 1. The summed E-state index contributed by atoms with van der Waals surface area (Å²) in [6, 6.07) is 16.3. The number of aromatic amines is 1. The highest BCUT2D eigenvalue weighted by Crippen LogP contribution is 2.24. The first kappa shape index (κ1) is 19.8. The van der Waals surface area contributed by atoms with E-state index in [9.17, 15) is 4.79 Å². The van der Waals surface area contributed by atoms with Crippen LogP contribution in [0.1, 0.15) is 44.5 Å². The summed E-state index contributed by atoms with van der Waals surface area (Å²) in [4.78, 5) is 12.8. The fourth-order valence-corrected chi connectivity index (χ4v) is 3.50. The number of hydrogen-bond acceptors (Lipinski definition) is 5. The predicted octanol–water partition coefficient (Wildman–Crippen LogP) is 3.47. The van der Waals surface area contributed by atoms with Gasteiger partial charge in [0.1, 0.15) is 5.82 Å². The van der Waals surface area contributed by atoms with Crippen LogP contribution in [0.4, 0.5) is 0 Å². The zero-order chi connectivity index (χ0) is 21.1. The number of aryl methyl sites for hydroxylation is 1. The summed E-state index contributed by atoms with van der Waals surface area (Å²) in [5.41, 5.74) is 4.11. The summed E-state index contributed by atoms with van der Waals surface area (Å²) in [6.07, 6.45) is 0.881. The number of nitrogens with one attached hydrogen (secondary N) is 1. The zero-order valence-corrected chi connectivity index (χ0v) is 17.4. The lowest BCUT2D eigenvalue weighted by Crippen LogP contribution is -2.26. The van der Waals surface area contributed by atoms with Crippen LogP contribution in [0.2, 0.25) is 0 Å². The van der Waals surface area contributed by atoms with Gasteiger partial charge in [-0.1, -0.05) is 63.2 Å². The van der Waals surface area contributed by atoms with Crippen molar-refractivity contribution >= 4 is 0 Å². The Morgan fingerprint density at radius 2 is 1.80 bits per heavy atom. The molecule has 30 heavy (non-hydrogen) atoms. The van der Waals surface area contributed by atoms with E-state index in [-0.39, 0.29) is 11.6 Å². The van der Waals surface area contributed by atoms with E-state index >= 15 is 0 Å². The lowest BCUT2D eigenvalue weighted by molar-refractivity contribution is 0.568. The van der Waals surface area contributed by atoms with Gasteiger partial charge in [-0.2, -0.15) is 5.10 Å². The van der Waals surface area contributed by atoms with Gasteiger partial charge in [0.2, 0.25) is 0 Å². The van der Waals surface area contributed by atoms with Crippen molar-refractivity contribution in [2.45, 2.75) is 46.2 Å². The molecule has 4 aromatic rings. The summed E-state index contributed by atoms with van der Waals surface area (Å²) < 4.78 is 3.36. The first-order valence-corrected chi connectivity index (χ1v) is 10.2. The van der Waals surface area contributed by atoms with E-state index in [0.29, 0.717) is 18.9 Å². The molecule has 0 radical (unpaired) electrons. The molecule has 0 aliphatic heterocycles. The van der Waals surface area contributed by atoms with Crippen molar-refractivity contribution in [2.24, 2.45) is 0 Å². The summed E-state index contributed by atoms with van der Waals surface area (Å²) >= 11 is 0. The largest absolute Gasteiger partial charge is 0.346 e. The average molecular weight is 403 g/mol. The van der Waals surface area contributed by atoms with Gasteiger partial charge in [0.25, 0.3) is 0 Å². The van der Waals surface area contributed by atoms with Gasteiger partial charge < -0.3 is 0 Å². The fourth-order valence-electron chi connectivity index (χ4n) is 3.50. The van der Waals surface area contributed by atoms with E-state index in [2.05, 4.69) is 69.9 Å². The van der Waals surface area contributed by atoms with E-state index in [1.165, 1.54) is 0 Å². The Morgan fingerprint density at radius 1 is 1.03 bits per heavy atom. The Hall–Kier alpha value is -3.55. The lowest BCUT2D eigenvalue weighted by atomic mass is 10.0. The van der Waals surface area contributed by atoms with E-state index in [4.69, 9.17) is 0 Å². The number of hydrogen-bond donors (Lipinski definition) is 1. The number of aromatic nitrogens is 7. The Bertz CT molecular complexity index is 1170. The van der Waals surface area contributed by atoms with Gasteiger partial charge >= 0.3 is 5.69 Å². The topological polar surface area (TPSA) is 94.3 Å². The minimum Gasteiger partial charge on any atom is -0.274 e. The van der Waals surface area contributed by atoms with Gasteiger partial charge in [-0.05, 0) is 39.6 Å². The normalized spacial score (nSPS) is 11.3. The number of nitrogens with zero attached hydrogens (tertiary/aromatic N) is 6. The highest BCUT2D eigenvalue weighted by Gasteiger charge is 2.16. The molecule has 0 atom stereocenters. The average Bonchev–Trinajstić information content (AvgIpc) is 3.39. The molecule has 2 aromatic carbocycles. The number of rotatable bonds is 7. The van der Waals surface area contributed by atoms with Gasteiger partial charge in [0, 0.05) is 18.0 Å². The second kappa shape index (κ2) is 8.44. The van der Waals surface area contributed by atoms with E-state index < -0.39 is 0 Å². The van der Waals surface area contributed by atoms with E-state index in [0.717, 1.165) is 34.5 Å². The monoisotopic (exact) mass is 403 g/mol. The minimum absolute atomic E-state index is 0.0435. The molecule has 0 bridgehead atoms. The van der Waals surface area contributed by atoms with Gasteiger partial charge in [-0.15, -0.1) is 5.10 Å². The molecule has 0 fully saturated rings. The Kier molecular flexibility index (Phi) is 5.56. The van der Waals surface area contributed by atoms with Crippen LogP contribution in [0.15, 0.2) is 53.3 Å². The van der Waals surface area contributed by atoms with Crippen LogP contribution in [0.25, 0.3) is 22.5 Å². The molecule has 0 amide bonds. The zero-order valence-electron chi connectivity index (χ0n) is 17.4. The smallest absolute Gasteiger partial charge is 0.274 e. The fraction of sp³-hybridized carbons (Fsp3) is 0.318. The second-order valence-electron chi connectivity index (χ2n) is 7.63. The molecule has 4 rings (SSSR count). The van der Waals surface area contributed by atoms with Crippen LogP contribution in [-0.4, -0.2) is 35.0 Å². The first-order valence-electron chi connectivity index (χ1n) is 10.2. The van der Waals surface area contributed by atoms with Crippen molar-refractivity contribution in [3.8, 4) is 22.5 Å². The number of tetrazole rings is 1. The molecular formula is C22H25N7O. The Morgan fingerprint density at radius 3 is 2.47 bits per heavy atom. The van der Waals surface area contributed by atoms with Crippen LogP contribution in [0.3, 0.4) is 0 Å². The van der Waals surface area contributed by atoms with Gasteiger partial charge in [0.15, 0.2) is 5.82 Å². The quantitative estimate of drug-likeness (QED) is 0.510. The highest BCUT2D eigenvalue weighted by molar-refractivity contribution is 5.70. The molecule has 0 saturated heterocycles. The molecule has 2 heterocycles. The summed E-state index contributed by atoms with van der Waals surface area (Å²) in [5.74, 6) is 1.65. The third-order valence-electron chi connectivity index (χ3n) is 5.01. The molecule has 8 heteroatoms. The maximum Gasteiger partial charge on any atom is 0.346 e. The van der Waals surface area contributed by atoms with Gasteiger partial charge in [-0.3, -0.25) is 4.57 Å². The third-order valence-corrected chi connectivity index (χ3v) is 5.01.